The van der Waals surface area contributed by atoms with Crippen LogP contribution in [-0.2, 0) is 19.1 Å². The van der Waals surface area contributed by atoms with Gasteiger partial charge in [-0.05, 0) is 20.8 Å². The Morgan fingerprint density at radius 3 is 2.22 bits per heavy atom. The van der Waals surface area contributed by atoms with Gasteiger partial charge in [-0.1, -0.05) is 15.9 Å². The van der Waals surface area contributed by atoms with Gasteiger partial charge in [-0.3, -0.25) is 9.59 Å². The Balaban J connectivity index is 4.55. The Labute approximate surface area is 115 Å². The average Bonchev–Trinajstić information content (AvgIpc) is 2.24. The number of amides is 1. The van der Waals surface area contributed by atoms with E-state index in [1.54, 1.807) is 20.8 Å². The highest BCUT2D eigenvalue weighted by atomic mass is 79.9. The maximum absolute atomic E-state index is 11.5. The fourth-order valence-corrected chi connectivity index (χ4v) is 1.43. The normalized spacial score (nSPS) is 12.5. The third kappa shape index (κ3) is 7.26. The highest BCUT2D eigenvalue weighted by Gasteiger charge is 2.25. The molecule has 0 saturated heterocycles. The largest absolute Gasteiger partial charge is 0.469 e. The SMILES string of the molecule is COC(=O)C[C@@H](NC(=O)OC(C)(C)C)C(=O)CBr. The van der Waals surface area contributed by atoms with Crippen molar-refractivity contribution in [1.82, 2.24) is 5.32 Å². The predicted octanol–water partition coefficient (Wildman–Crippen LogP) is 1.41. The Kier molecular flexibility index (Phi) is 6.90. The van der Waals surface area contributed by atoms with Crippen molar-refractivity contribution in [2.24, 2.45) is 0 Å². The van der Waals surface area contributed by atoms with Gasteiger partial charge in [0.25, 0.3) is 0 Å². The molecule has 0 aliphatic carbocycles. The lowest BCUT2D eigenvalue weighted by Crippen LogP contribution is -2.45. The van der Waals surface area contributed by atoms with E-state index in [-0.39, 0.29) is 17.5 Å². The minimum atomic E-state index is -0.952. The van der Waals surface area contributed by atoms with Crippen molar-refractivity contribution < 1.29 is 23.9 Å². The molecule has 0 aliphatic rings. The van der Waals surface area contributed by atoms with Crippen molar-refractivity contribution in [1.29, 1.82) is 0 Å². The molecule has 1 amide bonds. The molecule has 0 aromatic heterocycles. The lowest BCUT2D eigenvalue weighted by Gasteiger charge is -2.22. The molecule has 0 fully saturated rings. The summed E-state index contributed by atoms with van der Waals surface area (Å²) in [6, 6.07) is -0.952. The number of Topliss-reactive ketones (excluding diaryl/α,β-unsaturated/α-hetero) is 1. The van der Waals surface area contributed by atoms with Gasteiger partial charge in [-0.15, -0.1) is 0 Å². The molecular weight excluding hydrogens is 306 g/mol. The summed E-state index contributed by atoms with van der Waals surface area (Å²) in [4.78, 5) is 34.2. The van der Waals surface area contributed by atoms with Crippen molar-refractivity contribution in [2.75, 3.05) is 12.4 Å². The third-order valence-corrected chi connectivity index (χ3v) is 2.36. The molecule has 104 valence electrons. The number of alkyl halides is 1. The summed E-state index contributed by atoms with van der Waals surface area (Å²) in [7, 11) is 1.21. The van der Waals surface area contributed by atoms with Crippen LogP contribution in [0.2, 0.25) is 0 Å². The number of nitrogens with one attached hydrogen (secondary N) is 1. The minimum Gasteiger partial charge on any atom is -0.469 e. The highest BCUT2D eigenvalue weighted by Crippen LogP contribution is 2.08. The fourth-order valence-electron chi connectivity index (χ4n) is 1.04. The first-order valence-corrected chi connectivity index (χ1v) is 6.46. The van der Waals surface area contributed by atoms with Crippen LogP contribution in [0.1, 0.15) is 27.2 Å². The van der Waals surface area contributed by atoms with Crippen molar-refractivity contribution in [2.45, 2.75) is 38.8 Å². The van der Waals surface area contributed by atoms with Gasteiger partial charge in [0.2, 0.25) is 0 Å². The predicted molar refractivity (Wildman–Crippen MR) is 68.6 cm³/mol. The van der Waals surface area contributed by atoms with E-state index >= 15 is 0 Å². The van der Waals surface area contributed by atoms with E-state index in [9.17, 15) is 14.4 Å². The molecule has 0 heterocycles. The van der Waals surface area contributed by atoms with Crippen LogP contribution in [0.5, 0.6) is 0 Å². The number of esters is 1. The second-order valence-electron chi connectivity index (χ2n) is 4.58. The van der Waals surface area contributed by atoms with Gasteiger partial charge in [-0.2, -0.15) is 0 Å². The standard InChI is InChI=1S/C11H18BrNO5/c1-11(2,3)18-10(16)13-7(8(14)6-12)5-9(15)17-4/h7H,5-6H2,1-4H3,(H,13,16)/t7-/m1/s1. The van der Waals surface area contributed by atoms with Crippen LogP contribution < -0.4 is 5.32 Å². The van der Waals surface area contributed by atoms with Crippen LogP contribution >= 0.6 is 15.9 Å². The molecule has 0 aliphatic heterocycles. The van der Waals surface area contributed by atoms with E-state index in [0.29, 0.717) is 0 Å². The second-order valence-corrected chi connectivity index (χ2v) is 5.14. The van der Waals surface area contributed by atoms with Crippen molar-refractivity contribution in [3.8, 4) is 0 Å². The molecule has 0 bridgehead atoms. The number of methoxy groups -OCH3 is 1. The Morgan fingerprint density at radius 2 is 1.83 bits per heavy atom. The number of ether oxygens (including phenoxy) is 2. The van der Waals surface area contributed by atoms with Crippen LogP contribution in [0.3, 0.4) is 0 Å². The van der Waals surface area contributed by atoms with Crippen LogP contribution in [0, 0.1) is 0 Å². The van der Waals surface area contributed by atoms with Gasteiger partial charge < -0.3 is 14.8 Å². The second kappa shape index (κ2) is 7.35. The molecule has 0 saturated carbocycles. The van der Waals surface area contributed by atoms with E-state index in [0.717, 1.165) is 0 Å². The zero-order valence-corrected chi connectivity index (χ0v) is 12.5. The summed E-state index contributed by atoms with van der Waals surface area (Å²) in [6.07, 6.45) is -0.967. The molecule has 6 nitrogen and oxygen atoms in total. The topological polar surface area (TPSA) is 81.7 Å². The first-order chi connectivity index (χ1) is 8.19. The molecule has 0 aromatic rings. The summed E-state index contributed by atoms with van der Waals surface area (Å²) in [5.41, 5.74) is -0.669. The van der Waals surface area contributed by atoms with Gasteiger partial charge in [0.1, 0.15) is 11.6 Å². The van der Waals surface area contributed by atoms with Crippen LogP contribution in [0.15, 0.2) is 0 Å². The van der Waals surface area contributed by atoms with E-state index in [2.05, 4.69) is 26.0 Å². The highest BCUT2D eigenvalue weighted by molar-refractivity contribution is 9.09. The summed E-state index contributed by atoms with van der Waals surface area (Å²) in [5.74, 6) is -0.906. The van der Waals surface area contributed by atoms with E-state index < -0.39 is 23.7 Å². The Hall–Kier alpha value is -1.11. The molecule has 1 N–H and O–H groups in total. The number of ketones is 1. The quantitative estimate of drug-likeness (QED) is 0.611. The van der Waals surface area contributed by atoms with Crippen LogP contribution in [-0.4, -0.2) is 41.9 Å². The summed E-state index contributed by atoms with van der Waals surface area (Å²) in [6.45, 7) is 5.11. The number of carbonyl (C=O) groups is 3. The molecule has 1 atom stereocenters. The number of carbonyl (C=O) groups excluding carboxylic acids is 3. The molecule has 7 heteroatoms. The monoisotopic (exact) mass is 323 g/mol. The molecule has 18 heavy (non-hydrogen) atoms. The number of rotatable bonds is 5. The number of halogens is 1. The zero-order chi connectivity index (χ0) is 14.3. The van der Waals surface area contributed by atoms with E-state index in [1.165, 1.54) is 7.11 Å². The fraction of sp³-hybridized carbons (Fsp3) is 0.727. The van der Waals surface area contributed by atoms with E-state index in [1.807, 2.05) is 0 Å². The van der Waals surface area contributed by atoms with Gasteiger partial charge >= 0.3 is 12.1 Å². The lowest BCUT2D eigenvalue weighted by molar-refractivity contribution is -0.142. The third-order valence-electron chi connectivity index (χ3n) is 1.81. The lowest BCUT2D eigenvalue weighted by atomic mass is 10.1. The van der Waals surface area contributed by atoms with Gasteiger partial charge in [0.05, 0.1) is 18.9 Å². The zero-order valence-electron chi connectivity index (χ0n) is 10.9. The number of hydrogen-bond acceptors (Lipinski definition) is 5. The smallest absolute Gasteiger partial charge is 0.408 e. The molecular formula is C11H18BrNO5. The van der Waals surface area contributed by atoms with Crippen molar-refractivity contribution >= 4 is 33.8 Å². The molecule has 0 unspecified atom stereocenters. The first kappa shape index (κ1) is 16.9. The Morgan fingerprint density at radius 1 is 1.28 bits per heavy atom. The Bertz CT molecular complexity index is 324. The van der Waals surface area contributed by atoms with Crippen LogP contribution in [0.25, 0.3) is 0 Å². The van der Waals surface area contributed by atoms with Gasteiger partial charge in [-0.25, -0.2) is 4.79 Å². The number of alkyl carbamates (subject to hydrolysis) is 1. The number of hydrogen-bond donors (Lipinski definition) is 1. The van der Waals surface area contributed by atoms with Crippen LogP contribution in [0.4, 0.5) is 4.79 Å². The maximum atomic E-state index is 11.5. The van der Waals surface area contributed by atoms with Gasteiger partial charge in [0, 0.05) is 0 Å². The molecule has 0 rings (SSSR count). The summed E-state index contributed by atoms with van der Waals surface area (Å²) < 4.78 is 9.47. The van der Waals surface area contributed by atoms with Gasteiger partial charge in [0.15, 0.2) is 5.78 Å². The molecule has 0 spiro atoms. The van der Waals surface area contributed by atoms with Crippen molar-refractivity contribution in [3.63, 3.8) is 0 Å². The molecule has 0 aromatic carbocycles. The maximum Gasteiger partial charge on any atom is 0.408 e. The average molecular weight is 324 g/mol. The van der Waals surface area contributed by atoms with E-state index in [4.69, 9.17) is 4.74 Å². The first-order valence-electron chi connectivity index (χ1n) is 5.34. The van der Waals surface area contributed by atoms with Crippen molar-refractivity contribution in [3.05, 3.63) is 0 Å². The summed E-state index contributed by atoms with van der Waals surface area (Å²) in [5, 5.41) is 2.38. The summed E-state index contributed by atoms with van der Waals surface area (Å²) >= 11 is 2.98. The molecule has 0 radical (unpaired) electrons. The minimum absolute atomic E-state index is 0.0322.